The molecular formula is C61H88F3N11O7S4. The van der Waals surface area contributed by atoms with Crippen LogP contribution in [0.25, 0.3) is 0 Å². The van der Waals surface area contributed by atoms with Crippen LogP contribution in [0, 0.1) is 47.0 Å². The lowest BCUT2D eigenvalue weighted by Gasteiger charge is -2.32. The van der Waals surface area contributed by atoms with Gasteiger partial charge >= 0.3 is 18.1 Å². The Bertz CT molecular complexity index is 2710. The van der Waals surface area contributed by atoms with Crippen LogP contribution in [0.5, 0.6) is 0 Å². The number of nitrogens with one attached hydrogen (secondary N) is 4. The number of hydrogen-bond donors (Lipinski definition) is 8. The summed E-state index contributed by atoms with van der Waals surface area (Å²) in [6, 6.07) is 0.379. The number of thiazole rings is 4. The minimum atomic E-state index is -5.08. The minimum absolute atomic E-state index is 0.0119. The van der Waals surface area contributed by atoms with Gasteiger partial charge in [-0.3, -0.25) is 19.2 Å². The molecule has 0 bridgehead atoms. The lowest BCUT2D eigenvalue weighted by Crippen LogP contribution is -2.44. The first-order valence-corrected chi connectivity index (χ1v) is 34.4. The van der Waals surface area contributed by atoms with Crippen LogP contribution in [0.1, 0.15) is 237 Å². The van der Waals surface area contributed by atoms with Crippen LogP contribution in [-0.2, 0) is 24.0 Å². The number of halogens is 3. The molecule has 4 aromatic heterocycles. The van der Waals surface area contributed by atoms with Crippen molar-refractivity contribution in [2.45, 2.75) is 236 Å². The van der Waals surface area contributed by atoms with Gasteiger partial charge in [0.1, 0.15) is 0 Å². The van der Waals surface area contributed by atoms with E-state index in [2.05, 4.69) is 55.1 Å². The van der Waals surface area contributed by atoms with Crippen molar-refractivity contribution in [2.75, 3.05) is 21.7 Å². The van der Waals surface area contributed by atoms with Gasteiger partial charge in [-0.2, -0.15) is 18.4 Å². The summed E-state index contributed by atoms with van der Waals surface area (Å²) < 4.78 is 31.7. The second-order valence-corrected chi connectivity index (χ2v) is 29.1. The zero-order valence-electron chi connectivity index (χ0n) is 49.6. The van der Waals surface area contributed by atoms with Crippen molar-refractivity contribution >= 4 is 95.5 Å². The second-order valence-electron chi connectivity index (χ2n) is 24.8. The molecule has 0 aromatic carbocycles. The molecule has 86 heavy (non-hydrogen) atoms. The highest BCUT2D eigenvalue weighted by Crippen LogP contribution is 2.42. The number of nitriles is 1. The molecule has 25 heteroatoms. The number of carboxylic acid groups (broad SMARTS) is 2. The first-order valence-electron chi connectivity index (χ1n) is 31.1. The minimum Gasteiger partial charge on any atom is -0.481 e. The van der Waals surface area contributed by atoms with E-state index < -0.39 is 18.1 Å². The number of aliphatic carboxylic acids is 2. The van der Waals surface area contributed by atoms with Crippen molar-refractivity contribution in [3.8, 4) is 6.19 Å². The lowest BCUT2D eigenvalue weighted by atomic mass is 9.76. The van der Waals surface area contributed by atoms with Gasteiger partial charge in [0, 0.05) is 74.1 Å². The van der Waals surface area contributed by atoms with E-state index in [9.17, 15) is 32.3 Å². The predicted molar refractivity (Wildman–Crippen MR) is 333 cm³/mol. The van der Waals surface area contributed by atoms with Crippen LogP contribution < -0.4 is 32.7 Å². The Morgan fingerprint density at radius 1 is 0.512 bits per heavy atom. The molecule has 0 spiro atoms. The number of nitrogen functional groups attached to an aromatic ring is 1. The third-order valence-electron chi connectivity index (χ3n) is 17.9. The molecule has 8 aliphatic rings. The van der Waals surface area contributed by atoms with Gasteiger partial charge in [-0.25, -0.2) is 24.7 Å². The number of hydrogen-bond acceptors (Lipinski definition) is 17. The molecule has 12 rings (SSSR count). The molecule has 0 radical (unpaired) electrons. The average molecular weight is 1270 g/mol. The summed E-state index contributed by atoms with van der Waals surface area (Å²) in [5.74, 6) is 1.32. The van der Waals surface area contributed by atoms with Gasteiger partial charge in [0.25, 0.3) is 0 Å². The molecule has 0 atom stereocenters. The number of rotatable bonds is 12. The van der Waals surface area contributed by atoms with E-state index in [0.717, 1.165) is 77.8 Å². The third-order valence-corrected chi connectivity index (χ3v) is 22.1. The molecule has 0 saturated heterocycles. The van der Waals surface area contributed by atoms with E-state index in [-0.39, 0.29) is 53.5 Å². The van der Waals surface area contributed by atoms with E-state index in [1.54, 1.807) is 45.3 Å². The highest BCUT2D eigenvalue weighted by Gasteiger charge is 2.39. The summed E-state index contributed by atoms with van der Waals surface area (Å²) in [6.45, 7) is 4.29. The van der Waals surface area contributed by atoms with Gasteiger partial charge in [-0.05, 0) is 138 Å². The Morgan fingerprint density at radius 3 is 1.08 bits per heavy atom. The molecule has 18 nitrogen and oxygen atoms in total. The fraction of sp³-hybridized carbons (Fsp3) is 0.705. The Morgan fingerprint density at radius 2 is 0.814 bits per heavy atom. The van der Waals surface area contributed by atoms with Crippen molar-refractivity contribution in [1.29, 1.82) is 5.26 Å². The van der Waals surface area contributed by atoms with Crippen molar-refractivity contribution in [3.63, 3.8) is 0 Å². The van der Waals surface area contributed by atoms with Gasteiger partial charge in [-0.15, -0.1) is 45.3 Å². The van der Waals surface area contributed by atoms with Crippen LogP contribution in [-0.4, -0.2) is 78.1 Å². The van der Waals surface area contributed by atoms with Crippen molar-refractivity contribution in [1.82, 2.24) is 25.3 Å². The van der Waals surface area contributed by atoms with Crippen LogP contribution in [0.3, 0.4) is 0 Å². The van der Waals surface area contributed by atoms with Gasteiger partial charge in [0.2, 0.25) is 17.7 Å². The Labute approximate surface area is 519 Å². The normalized spacial score (nSPS) is 25.6. The maximum atomic E-state index is 12.1. The number of nitrogens with two attached hydrogens (primary N) is 2. The summed E-state index contributed by atoms with van der Waals surface area (Å²) in [5, 5.41) is 38.5. The van der Waals surface area contributed by atoms with Gasteiger partial charge < -0.3 is 42.9 Å². The summed E-state index contributed by atoms with van der Waals surface area (Å²) in [6.07, 6.45) is 38.0. The molecule has 474 valence electrons. The van der Waals surface area contributed by atoms with Crippen molar-refractivity contribution < 1.29 is 47.4 Å². The second kappa shape index (κ2) is 33.9. The molecule has 0 aliphatic heterocycles. The van der Waals surface area contributed by atoms with Crippen molar-refractivity contribution in [3.05, 3.63) is 44.3 Å². The fourth-order valence-electron chi connectivity index (χ4n) is 12.4. The van der Waals surface area contributed by atoms with Crippen LogP contribution >= 0.6 is 45.3 Å². The Hall–Kier alpha value is -5.29. The summed E-state index contributed by atoms with van der Waals surface area (Å²) in [5.41, 5.74) is 11.3. The number of carboxylic acids is 2. The summed E-state index contributed by atoms with van der Waals surface area (Å²) in [4.78, 5) is 77.6. The maximum absolute atomic E-state index is 12.1. The van der Waals surface area contributed by atoms with E-state index in [4.69, 9.17) is 31.7 Å². The third kappa shape index (κ3) is 21.8. The number of carbonyl (C=O) groups is 5. The molecule has 3 amide bonds. The number of alkyl halides is 3. The predicted octanol–water partition coefficient (Wildman–Crippen LogP) is 14.5. The quantitative estimate of drug-likeness (QED) is 0.0483. The SMILES string of the molecule is CC1CC(C(=O)Nc2ncc(C3CCCCC3)s2)C1.CC1CC(C(=O)O)C1.N#CNC1CC(C(=O)Nc2ncc(C3CCCCC3)s2)C1.NC1CC(C(=O)Nc2ncc(C3CCCCC3)s2)C1.Nc1ncc(C2CCCCC2)s1.O=C(O)C(F)(F)F. The number of anilines is 4. The van der Waals surface area contributed by atoms with E-state index in [1.807, 2.05) is 31.0 Å². The van der Waals surface area contributed by atoms with Gasteiger partial charge in [0.15, 0.2) is 26.7 Å². The van der Waals surface area contributed by atoms with Crippen LogP contribution in [0.15, 0.2) is 24.8 Å². The highest BCUT2D eigenvalue weighted by molar-refractivity contribution is 7.16. The molecule has 8 aliphatic carbocycles. The van der Waals surface area contributed by atoms with Gasteiger partial charge in [0.05, 0.1) is 5.92 Å². The first-order chi connectivity index (χ1) is 41.2. The molecule has 8 fully saturated rings. The molecule has 4 heterocycles. The molecule has 8 saturated carbocycles. The smallest absolute Gasteiger partial charge is 0.481 e. The van der Waals surface area contributed by atoms with Crippen LogP contribution in [0.2, 0.25) is 0 Å². The molecule has 4 aromatic rings. The van der Waals surface area contributed by atoms with Crippen LogP contribution in [0.4, 0.5) is 33.7 Å². The standard InChI is InChI=1S/C15H20N4OS.C15H22N2OS.C14H21N3OS.C9H14N2S.C6H10O2.C2HF3O2/c16-9-18-12-6-11(7-12)14(20)19-15-17-8-13(21-15)10-4-2-1-3-5-10;1-10-7-12(8-10)14(18)17-15-16-9-13(19-15)11-5-3-2-4-6-11;15-11-6-10(7-11)13(18)17-14-16-8-12(19-14)9-4-2-1-3-5-9;10-9-11-6-8(12-9)7-4-2-1-3-5-7;1-4-2-5(3-4)6(7)8;3-2(4,5)1(6)7/h8,10-12,18H,1-7H2,(H,17,19,20);9-12H,2-8H2,1H3,(H,16,17,18);8-11H,1-7,15H2,(H,16,17,18);6-7H,1-5H2,(H2,10,11);4-5H,2-3H2,1H3,(H,7,8);(H,6,7). The van der Waals surface area contributed by atoms with E-state index >= 15 is 0 Å². The molecule has 0 unspecified atom stereocenters. The molecular weight excluding hydrogens is 1180 g/mol. The Kier molecular flexibility index (Phi) is 26.9. The number of carbonyl (C=O) groups excluding carboxylic acids is 3. The topological polar surface area (TPSA) is 301 Å². The van der Waals surface area contributed by atoms with E-state index in [0.29, 0.717) is 29.6 Å². The number of aromatic nitrogens is 4. The largest absolute Gasteiger partial charge is 0.490 e. The first kappa shape index (κ1) is 68.2. The highest BCUT2D eigenvalue weighted by atomic mass is 32.1. The number of amides is 3. The monoisotopic (exact) mass is 1270 g/mol. The molecule has 10 N–H and O–H groups in total. The zero-order valence-corrected chi connectivity index (χ0v) is 52.9. The lowest BCUT2D eigenvalue weighted by molar-refractivity contribution is -0.192. The summed E-state index contributed by atoms with van der Waals surface area (Å²) >= 11 is 6.60. The average Bonchev–Trinajstić information content (AvgIpc) is 4.26. The maximum Gasteiger partial charge on any atom is 0.490 e. The van der Waals surface area contributed by atoms with Crippen molar-refractivity contribution in [2.24, 2.45) is 41.2 Å². The zero-order chi connectivity index (χ0) is 61.8. The number of nitrogens with zero attached hydrogens (tertiary/aromatic N) is 5. The Balaban J connectivity index is 0.000000154. The summed E-state index contributed by atoms with van der Waals surface area (Å²) in [7, 11) is 0. The van der Waals surface area contributed by atoms with E-state index in [1.165, 1.54) is 148 Å². The van der Waals surface area contributed by atoms with Gasteiger partial charge in [-0.1, -0.05) is 90.9 Å². The fourth-order valence-corrected chi connectivity index (χ4v) is 16.2.